The molecule has 0 spiro atoms. The number of thioether (sulfide) groups is 1. The van der Waals surface area contributed by atoms with Crippen LogP contribution >= 0.6 is 23.4 Å². The van der Waals surface area contributed by atoms with Crippen LogP contribution in [-0.4, -0.2) is 15.8 Å². The minimum atomic E-state index is -0.484. The maximum absolute atomic E-state index is 10.3. The van der Waals surface area contributed by atoms with Crippen LogP contribution in [0.3, 0.4) is 0 Å². The second-order valence-electron chi connectivity index (χ2n) is 4.21. The third kappa shape index (κ3) is 3.96. The Morgan fingerprint density at radius 3 is 2.95 bits per heavy atom. The van der Waals surface area contributed by atoms with E-state index in [-0.39, 0.29) is 0 Å². The number of benzene rings is 1. The molecule has 0 bridgehead atoms. The molecular formula is C15H16ClNOS. The van der Waals surface area contributed by atoms with Crippen LogP contribution in [0.1, 0.15) is 24.2 Å². The number of aryl methyl sites for hydroxylation is 1. The van der Waals surface area contributed by atoms with E-state index in [1.807, 2.05) is 36.5 Å². The van der Waals surface area contributed by atoms with Crippen molar-refractivity contribution in [1.29, 1.82) is 0 Å². The van der Waals surface area contributed by atoms with Crippen LogP contribution in [0.25, 0.3) is 0 Å². The number of aliphatic hydroxyl groups excluding tert-OH is 1. The Morgan fingerprint density at radius 1 is 1.37 bits per heavy atom. The van der Waals surface area contributed by atoms with Gasteiger partial charge in [0.15, 0.2) is 0 Å². The fourth-order valence-corrected chi connectivity index (χ4v) is 3.05. The lowest BCUT2D eigenvalue weighted by Gasteiger charge is -2.14. The Balaban J connectivity index is 2.03. The third-order valence-electron chi connectivity index (χ3n) is 2.89. The monoisotopic (exact) mass is 293 g/mol. The fourth-order valence-electron chi connectivity index (χ4n) is 1.88. The van der Waals surface area contributed by atoms with E-state index in [2.05, 4.69) is 11.9 Å². The third-order valence-corrected chi connectivity index (χ3v) is 4.19. The Labute approximate surface area is 122 Å². The molecule has 1 N–H and O–H groups in total. The zero-order valence-corrected chi connectivity index (χ0v) is 12.3. The molecule has 1 atom stereocenters. The van der Waals surface area contributed by atoms with Gasteiger partial charge in [0.2, 0.25) is 0 Å². The lowest BCUT2D eigenvalue weighted by Crippen LogP contribution is -2.04. The number of halogens is 1. The maximum Gasteiger partial charge on any atom is 0.0887 e. The van der Waals surface area contributed by atoms with Gasteiger partial charge in [-0.1, -0.05) is 24.6 Å². The van der Waals surface area contributed by atoms with Crippen LogP contribution in [0.4, 0.5) is 0 Å². The van der Waals surface area contributed by atoms with Crippen LogP contribution in [0.2, 0.25) is 5.02 Å². The molecule has 0 radical (unpaired) electrons. The summed E-state index contributed by atoms with van der Waals surface area (Å²) in [4.78, 5) is 5.16. The Morgan fingerprint density at radius 2 is 2.21 bits per heavy atom. The van der Waals surface area contributed by atoms with E-state index in [0.717, 1.165) is 27.5 Å². The molecule has 0 saturated carbocycles. The van der Waals surface area contributed by atoms with Gasteiger partial charge in [0.25, 0.3) is 0 Å². The average Bonchev–Trinajstić information content (AvgIpc) is 2.45. The van der Waals surface area contributed by atoms with Gasteiger partial charge >= 0.3 is 0 Å². The van der Waals surface area contributed by atoms with E-state index >= 15 is 0 Å². The quantitative estimate of drug-likeness (QED) is 0.842. The van der Waals surface area contributed by atoms with Gasteiger partial charge in [-0.05, 0) is 41.8 Å². The zero-order chi connectivity index (χ0) is 13.7. The summed E-state index contributed by atoms with van der Waals surface area (Å²) in [6.07, 6.45) is 3.94. The van der Waals surface area contributed by atoms with Gasteiger partial charge < -0.3 is 5.11 Å². The summed E-state index contributed by atoms with van der Waals surface area (Å²) in [6, 6.07) is 9.56. The molecule has 0 aliphatic heterocycles. The summed E-state index contributed by atoms with van der Waals surface area (Å²) in [5, 5.41) is 11.0. The first kappa shape index (κ1) is 14.4. The van der Waals surface area contributed by atoms with Crippen molar-refractivity contribution in [2.45, 2.75) is 24.3 Å². The van der Waals surface area contributed by atoms with Crippen LogP contribution in [0.5, 0.6) is 0 Å². The molecule has 2 nitrogen and oxygen atoms in total. The molecule has 0 aliphatic carbocycles. The first-order chi connectivity index (χ1) is 9.20. The lowest BCUT2D eigenvalue weighted by molar-refractivity contribution is 0.203. The number of pyridine rings is 1. The van der Waals surface area contributed by atoms with Crippen molar-refractivity contribution in [1.82, 2.24) is 4.98 Å². The number of rotatable bonds is 5. The molecule has 19 heavy (non-hydrogen) atoms. The van der Waals surface area contributed by atoms with Crippen molar-refractivity contribution in [3.05, 3.63) is 58.9 Å². The zero-order valence-electron chi connectivity index (χ0n) is 10.7. The van der Waals surface area contributed by atoms with E-state index < -0.39 is 6.10 Å². The Hall–Kier alpha value is -1.03. The molecule has 1 unspecified atom stereocenters. The minimum absolute atomic E-state index is 0.484. The molecule has 1 heterocycles. The lowest BCUT2D eigenvalue weighted by atomic mass is 10.0. The van der Waals surface area contributed by atoms with Gasteiger partial charge in [0, 0.05) is 28.1 Å². The van der Waals surface area contributed by atoms with Crippen LogP contribution in [-0.2, 0) is 6.42 Å². The first-order valence-corrected chi connectivity index (χ1v) is 7.56. The first-order valence-electron chi connectivity index (χ1n) is 6.20. The molecule has 1 aromatic heterocycles. The second kappa shape index (κ2) is 6.94. The van der Waals surface area contributed by atoms with Gasteiger partial charge in [-0.2, -0.15) is 0 Å². The van der Waals surface area contributed by atoms with Crippen molar-refractivity contribution in [3.8, 4) is 0 Å². The molecule has 0 aliphatic rings. The number of aromatic nitrogens is 1. The van der Waals surface area contributed by atoms with E-state index in [0.29, 0.717) is 5.75 Å². The smallest absolute Gasteiger partial charge is 0.0887 e. The van der Waals surface area contributed by atoms with Crippen molar-refractivity contribution in [2.24, 2.45) is 0 Å². The van der Waals surface area contributed by atoms with Gasteiger partial charge in [0.1, 0.15) is 0 Å². The van der Waals surface area contributed by atoms with Crippen molar-refractivity contribution >= 4 is 23.4 Å². The van der Waals surface area contributed by atoms with Crippen molar-refractivity contribution in [3.63, 3.8) is 0 Å². The molecule has 0 saturated heterocycles. The summed E-state index contributed by atoms with van der Waals surface area (Å²) < 4.78 is 0. The average molecular weight is 294 g/mol. The topological polar surface area (TPSA) is 33.1 Å². The summed E-state index contributed by atoms with van der Waals surface area (Å²) in [7, 11) is 0. The van der Waals surface area contributed by atoms with Gasteiger partial charge in [-0.3, -0.25) is 4.98 Å². The van der Waals surface area contributed by atoms with Crippen molar-refractivity contribution < 1.29 is 5.11 Å². The fraction of sp³-hybridized carbons (Fsp3) is 0.267. The molecule has 2 aromatic rings. The highest BCUT2D eigenvalue weighted by molar-refractivity contribution is 7.99. The van der Waals surface area contributed by atoms with Crippen LogP contribution < -0.4 is 0 Å². The van der Waals surface area contributed by atoms with E-state index in [9.17, 15) is 5.11 Å². The molecule has 2 rings (SSSR count). The predicted octanol–water partition coefficient (Wildman–Crippen LogP) is 4.12. The number of nitrogens with zero attached hydrogens (tertiary/aromatic N) is 1. The maximum atomic E-state index is 10.3. The predicted molar refractivity (Wildman–Crippen MR) is 80.8 cm³/mol. The SMILES string of the molecule is CCc1cnccc1C(O)CSc1cccc(Cl)c1. The van der Waals surface area contributed by atoms with Crippen molar-refractivity contribution in [2.75, 3.05) is 5.75 Å². The van der Waals surface area contributed by atoms with E-state index in [1.54, 1.807) is 18.0 Å². The summed E-state index contributed by atoms with van der Waals surface area (Å²) >= 11 is 7.54. The highest BCUT2D eigenvalue weighted by Crippen LogP contribution is 2.27. The highest BCUT2D eigenvalue weighted by Gasteiger charge is 2.12. The Kier molecular flexibility index (Phi) is 5.25. The molecule has 0 fully saturated rings. The summed E-state index contributed by atoms with van der Waals surface area (Å²) in [6.45, 7) is 2.07. The standard InChI is InChI=1S/C15H16ClNOS/c1-2-11-9-17-7-6-14(11)15(18)10-19-13-5-3-4-12(16)8-13/h3-9,15,18H,2,10H2,1H3. The van der Waals surface area contributed by atoms with Crippen LogP contribution in [0.15, 0.2) is 47.6 Å². The van der Waals surface area contributed by atoms with Gasteiger partial charge in [-0.25, -0.2) is 0 Å². The molecule has 1 aromatic carbocycles. The molecule has 100 valence electrons. The molecular weight excluding hydrogens is 278 g/mol. The number of aliphatic hydroxyl groups is 1. The van der Waals surface area contributed by atoms with E-state index in [4.69, 9.17) is 11.6 Å². The van der Waals surface area contributed by atoms with Gasteiger partial charge in [0.05, 0.1) is 6.10 Å². The molecule has 4 heteroatoms. The summed E-state index contributed by atoms with van der Waals surface area (Å²) in [5.74, 6) is 0.608. The van der Waals surface area contributed by atoms with Gasteiger partial charge in [-0.15, -0.1) is 11.8 Å². The van der Waals surface area contributed by atoms with E-state index in [1.165, 1.54) is 0 Å². The largest absolute Gasteiger partial charge is 0.388 e. The second-order valence-corrected chi connectivity index (χ2v) is 5.74. The normalized spacial score (nSPS) is 12.4. The van der Waals surface area contributed by atoms with Crippen LogP contribution in [0, 0.1) is 0 Å². The highest BCUT2D eigenvalue weighted by atomic mass is 35.5. The number of hydrogen-bond donors (Lipinski definition) is 1. The Bertz CT molecular complexity index is 547. The number of hydrogen-bond acceptors (Lipinski definition) is 3. The minimum Gasteiger partial charge on any atom is -0.388 e. The summed E-state index contributed by atoms with van der Waals surface area (Å²) in [5.41, 5.74) is 2.06. The molecule has 0 amide bonds.